The van der Waals surface area contributed by atoms with E-state index in [1.165, 1.54) is 5.56 Å². The van der Waals surface area contributed by atoms with Crippen molar-refractivity contribution in [3.8, 4) is 0 Å². The predicted molar refractivity (Wildman–Crippen MR) is 125 cm³/mol. The summed E-state index contributed by atoms with van der Waals surface area (Å²) in [5.74, 6) is 1.83. The number of aliphatic hydroxyl groups excluding tert-OH is 1. The van der Waals surface area contributed by atoms with Gasteiger partial charge in [0.05, 0.1) is 19.3 Å². The van der Waals surface area contributed by atoms with E-state index in [-0.39, 0.29) is 12.6 Å². The van der Waals surface area contributed by atoms with E-state index in [1.807, 2.05) is 12.1 Å². The lowest BCUT2D eigenvalue weighted by Gasteiger charge is -2.35. The minimum absolute atomic E-state index is 0.215. The third-order valence-electron chi connectivity index (χ3n) is 5.40. The summed E-state index contributed by atoms with van der Waals surface area (Å²) in [4.78, 5) is 7.28. The predicted octanol–water partition coefficient (Wildman–Crippen LogP) is 3.31. The quantitative estimate of drug-likeness (QED) is 0.365. The Hall–Kier alpha value is -1.34. The Morgan fingerprint density at radius 1 is 1.20 bits per heavy atom. The van der Waals surface area contributed by atoms with Gasteiger partial charge in [-0.05, 0) is 49.3 Å². The third-order valence-corrected chi connectivity index (χ3v) is 5.65. The van der Waals surface area contributed by atoms with Crippen molar-refractivity contribution >= 4 is 17.6 Å². The zero-order chi connectivity index (χ0) is 21.8. The van der Waals surface area contributed by atoms with E-state index >= 15 is 0 Å². The number of guanidine groups is 1. The minimum Gasteiger partial charge on any atom is -0.396 e. The molecule has 1 aromatic carbocycles. The highest BCUT2D eigenvalue weighted by atomic mass is 35.5. The monoisotopic (exact) mass is 438 g/mol. The van der Waals surface area contributed by atoms with Crippen LogP contribution in [0.5, 0.6) is 0 Å². The second-order valence-corrected chi connectivity index (χ2v) is 8.76. The van der Waals surface area contributed by atoms with Gasteiger partial charge in [0, 0.05) is 44.4 Å². The van der Waals surface area contributed by atoms with Gasteiger partial charge in [-0.3, -0.25) is 9.89 Å². The fourth-order valence-corrected chi connectivity index (χ4v) is 4.05. The molecule has 1 aliphatic heterocycles. The molecule has 0 spiro atoms. The van der Waals surface area contributed by atoms with Crippen LogP contribution < -0.4 is 10.6 Å². The Morgan fingerprint density at radius 3 is 2.50 bits per heavy atom. The third kappa shape index (κ3) is 8.80. The van der Waals surface area contributed by atoms with Crippen LogP contribution in [0.25, 0.3) is 0 Å². The van der Waals surface area contributed by atoms with Crippen LogP contribution in [-0.4, -0.2) is 68.5 Å². The molecule has 1 fully saturated rings. The molecule has 7 heteroatoms. The van der Waals surface area contributed by atoms with Gasteiger partial charge in [0.1, 0.15) is 0 Å². The molecule has 1 saturated heterocycles. The molecule has 1 aliphatic rings. The van der Waals surface area contributed by atoms with Crippen molar-refractivity contribution in [2.24, 2.45) is 16.8 Å². The molecule has 2 unspecified atom stereocenters. The average Bonchev–Trinajstić information content (AvgIpc) is 2.73. The molecule has 0 amide bonds. The Kier molecular flexibility index (Phi) is 11.5. The van der Waals surface area contributed by atoms with Crippen LogP contribution in [0.3, 0.4) is 0 Å². The second kappa shape index (κ2) is 13.9. The van der Waals surface area contributed by atoms with Crippen molar-refractivity contribution in [1.82, 2.24) is 15.5 Å². The standard InChI is InChI=1S/C23H39ClN4O2/c1-4-25-23(26-16-19(9-12-29)15-18(2)3)27-17-22(28-10-13-30-14-11-28)20-5-7-21(24)8-6-20/h5-8,18-19,22,29H,4,9-17H2,1-3H3,(H2,25,26,27). The number of hydrogen-bond donors (Lipinski definition) is 3. The summed E-state index contributed by atoms with van der Waals surface area (Å²) in [6, 6.07) is 8.34. The number of morpholine rings is 1. The van der Waals surface area contributed by atoms with Gasteiger partial charge >= 0.3 is 0 Å². The minimum atomic E-state index is 0.215. The summed E-state index contributed by atoms with van der Waals surface area (Å²) in [7, 11) is 0. The Balaban J connectivity index is 2.07. The van der Waals surface area contributed by atoms with Crippen molar-refractivity contribution in [2.45, 2.75) is 39.7 Å². The van der Waals surface area contributed by atoms with E-state index in [0.29, 0.717) is 11.8 Å². The van der Waals surface area contributed by atoms with Crippen LogP contribution in [0.2, 0.25) is 5.02 Å². The Bertz CT molecular complexity index is 618. The SMILES string of the molecule is CCNC(=NCC(CCO)CC(C)C)NCC(c1ccc(Cl)cc1)N1CCOCC1. The van der Waals surface area contributed by atoms with Crippen molar-refractivity contribution in [3.63, 3.8) is 0 Å². The molecule has 30 heavy (non-hydrogen) atoms. The molecule has 2 atom stereocenters. The summed E-state index contributed by atoms with van der Waals surface area (Å²) in [5.41, 5.74) is 1.24. The molecule has 0 aliphatic carbocycles. The van der Waals surface area contributed by atoms with Gasteiger partial charge in [0.2, 0.25) is 0 Å². The molecule has 2 rings (SSSR count). The van der Waals surface area contributed by atoms with Crippen LogP contribution in [0.4, 0.5) is 0 Å². The lowest BCUT2D eigenvalue weighted by Crippen LogP contribution is -2.46. The van der Waals surface area contributed by atoms with Gasteiger partial charge in [-0.15, -0.1) is 0 Å². The second-order valence-electron chi connectivity index (χ2n) is 8.32. The normalized spacial score (nSPS) is 17.7. The summed E-state index contributed by atoms with van der Waals surface area (Å²) >= 11 is 6.11. The molecule has 170 valence electrons. The Labute approximate surface area is 187 Å². The molecule has 3 N–H and O–H groups in total. The van der Waals surface area contributed by atoms with Crippen molar-refractivity contribution in [1.29, 1.82) is 0 Å². The summed E-state index contributed by atoms with van der Waals surface area (Å²) < 4.78 is 5.55. The van der Waals surface area contributed by atoms with Crippen molar-refractivity contribution in [3.05, 3.63) is 34.9 Å². The van der Waals surface area contributed by atoms with Crippen LogP contribution in [-0.2, 0) is 4.74 Å². The maximum absolute atomic E-state index is 9.38. The van der Waals surface area contributed by atoms with Gasteiger partial charge in [-0.2, -0.15) is 0 Å². The first-order valence-corrected chi connectivity index (χ1v) is 11.6. The number of halogens is 1. The maximum Gasteiger partial charge on any atom is 0.191 e. The van der Waals surface area contributed by atoms with Gasteiger partial charge in [-0.25, -0.2) is 0 Å². The average molecular weight is 439 g/mol. The van der Waals surface area contributed by atoms with Gasteiger partial charge in [0.25, 0.3) is 0 Å². The number of benzene rings is 1. The smallest absolute Gasteiger partial charge is 0.191 e. The number of rotatable bonds is 11. The number of ether oxygens (including phenoxy) is 1. The van der Waals surface area contributed by atoms with E-state index in [0.717, 1.165) is 69.8 Å². The molecular weight excluding hydrogens is 400 g/mol. The zero-order valence-electron chi connectivity index (χ0n) is 18.7. The van der Waals surface area contributed by atoms with Gasteiger partial charge < -0.3 is 20.5 Å². The summed E-state index contributed by atoms with van der Waals surface area (Å²) in [5, 5.41) is 17.0. The number of nitrogens with zero attached hydrogens (tertiary/aromatic N) is 2. The largest absolute Gasteiger partial charge is 0.396 e. The van der Waals surface area contributed by atoms with Crippen LogP contribution in [0.1, 0.15) is 45.2 Å². The first-order chi connectivity index (χ1) is 14.5. The van der Waals surface area contributed by atoms with E-state index < -0.39 is 0 Å². The van der Waals surface area contributed by atoms with Gasteiger partial charge in [0.15, 0.2) is 5.96 Å². The number of hydrogen-bond acceptors (Lipinski definition) is 4. The number of aliphatic hydroxyl groups is 1. The van der Waals surface area contributed by atoms with Crippen LogP contribution in [0, 0.1) is 11.8 Å². The van der Waals surface area contributed by atoms with Crippen molar-refractivity contribution in [2.75, 3.05) is 52.5 Å². The molecule has 1 aromatic rings. The van der Waals surface area contributed by atoms with E-state index in [1.54, 1.807) is 0 Å². The van der Waals surface area contributed by atoms with E-state index in [2.05, 4.69) is 48.4 Å². The molecule has 6 nitrogen and oxygen atoms in total. The number of nitrogens with one attached hydrogen (secondary N) is 2. The molecule has 0 saturated carbocycles. The number of aliphatic imine (C=N–C) groups is 1. The molecular formula is C23H39ClN4O2. The van der Waals surface area contributed by atoms with Gasteiger partial charge in [-0.1, -0.05) is 37.6 Å². The highest BCUT2D eigenvalue weighted by Gasteiger charge is 2.23. The van der Waals surface area contributed by atoms with E-state index in [9.17, 15) is 5.11 Å². The molecule has 0 aromatic heterocycles. The highest BCUT2D eigenvalue weighted by molar-refractivity contribution is 6.30. The fraction of sp³-hybridized carbons (Fsp3) is 0.696. The first-order valence-electron chi connectivity index (χ1n) is 11.2. The summed E-state index contributed by atoms with van der Waals surface area (Å²) in [6.45, 7) is 12.4. The molecule has 0 radical (unpaired) electrons. The van der Waals surface area contributed by atoms with Crippen LogP contribution >= 0.6 is 11.6 Å². The summed E-state index contributed by atoms with van der Waals surface area (Å²) in [6.07, 6.45) is 1.87. The maximum atomic E-state index is 9.38. The van der Waals surface area contributed by atoms with E-state index in [4.69, 9.17) is 21.3 Å². The highest BCUT2D eigenvalue weighted by Crippen LogP contribution is 2.23. The lowest BCUT2D eigenvalue weighted by atomic mass is 9.94. The first kappa shape index (κ1) is 24.9. The molecule has 0 bridgehead atoms. The topological polar surface area (TPSA) is 69.1 Å². The zero-order valence-corrected chi connectivity index (χ0v) is 19.5. The van der Waals surface area contributed by atoms with Crippen molar-refractivity contribution < 1.29 is 9.84 Å². The fourth-order valence-electron chi connectivity index (χ4n) is 3.92. The Morgan fingerprint density at radius 2 is 1.90 bits per heavy atom. The van der Waals surface area contributed by atoms with Crippen LogP contribution in [0.15, 0.2) is 29.3 Å². The molecule has 1 heterocycles. The lowest BCUT2D eigenvalue weighted by molar-refractivity contribution is 0.0170.